The predicted molar refractivity (Wildman–Crippen MR) is 131 cm³/mol. The highest BCUT2D eigenvalue weighted by Crippen LogP contribution is 2.44. The number of amides is 1. The molecule has 2 aromatic carbocycles. The number of ether oxygens (including phenoxy) is 2. The topological polar surface area (TPSA) is 87.7 Å². The highest BCUT2D eigenvalue weighted by Gasteiger charge is 2.42. The molecule has 0 fully saturated rings. The number of para-hydroxylation sites is 1. The van der Waals surface area contributed by atoms with E-state index in [1.54, 1.807) is 12.1 Å². The van der Waals surface area contributed by atoms with E-state index in [-0.39, 0.29) is 17.7 Å². The molecule has 7 heteroatoms. The van der Waals surface area contributed by atoms with E-state index < -0.39 is 0 Å². The van der Waals surface area contributed by atoms with E-state index in [1.807, 2.05) is 48.2 Å². The Balaban J connectivity index is 1.72. The third-order valence-corrected chi connectivity index (χ3v) is 6.05. The molecule has 1 aliphatic rings. The molecule has 7 nitrogen and oxygen atoms in total. The minimum absolute atomic E-state index is 0.100. The summed E-state index contributed by atoms with van der Waals surface area (Å²) >= 11 is 0. The Kier molecular flexibility index (Phi) is 7.53. The largest absolute Gasteiger partial charge is 0.507 e. The summed E-state index contributed by atoms with van der Waals surface area (Å²) < 4.78 is 11.5. The Morgan fingerprint density at radius 1 is 1.15 bits per heavy atom. The summed E-state index contributed by atoms with van der Waals surface area (Å²) in [5.41, 5.74) is 3.37. The average molecular weight is 464 g/mol. The van der Waals surface area contributed by atoms with Crippen LogP contribution < -0.4 is 4.74 Å². The first-order valence-corrected chi connectivity index (χ1v) is 12.0. The molecule has 0 aliphatic carbocycles. The molecule has 0 saturated carbocycles. The van der Waals surface area contributed by atoms with Gasteiger partial charge in [-0.2, -0.15) is 5.10 Å². The zero-order chi connectivity index (χ0) is 24.1. The number of benzene rings is 2. The number of carbonyl (C=O) groups is 1. The van der Waals surface area contributed by atoms with Crippen LogP contribution in [0.15, 0.2) is 48.5 Å². The molecule has 1 aromatic heterocycles. The normalized spacial score (nSPS) is 15.2. The average Bonchev–Trinajstić information content (AvgIpc) is 3.36. The van der Waals surface area contributed by atoms with Crippen LogP contribution in [-0.2, 0) is 4.74 Å². The lowest BCUT2D eigenvalue weighted by molar-refractivity contribution is 0.0710. The number of H-pyrrole nitrogens is 1. The molecule has 0 radical (unpaired) electrons. The zero-order valence-corrected chi connectivity index (χ0v) is 20.1. The van der Waals surface area contributed by atoms with Crippen LogP contribution in [0.25, 0.3) is 11.3 Å². The summed E-state index contributed by atoms with van der Waals surface area (Å²) in [6.45, 7) is 8.73. The van der Waals surface area contributed by atoms with Gasteiger partial charge in [0.15, 0.2) is 0 Å². The summed E-state index contributed by atoms with van der Waals surface area (Å²) in [4.78, 5) is 15.3. The van der Waals surface area contributed by atoms with Crippen LogP contribution in [0.4, 0.5) is 0 Å². The molecular weight excluding hydrogens is 430 g/mol. The maximum absolute atomic E-state index is 13.4. The molecule has 1 amide bonds. The van der Waals surface area contributed by atoms with Gasteiger partial charge < -0.3 is 19.5 Å². The summed E-state index contributed by atoms with van der Waals surface area (Å²) in [5.74, 6) is 1.37. The lowest BCUT2D eigenvalue weighted by atomic mass is 9.95. The number of phenolic OH excluding ortho intramolecular Hbond substituents is 1. The fraction of sp³-hybridized carbons (Fsp3) is 0.407. The Hall–Kier alpha value is -3.32. The van der Waals surface area contributed by atoms with Crippen LogP contribution in [0, 0.1) is 5.92 Å². The molecule has 34 heavy (non-hydrogen) atoms. The van der Waals surface area contributed by atoms with Gasteiger partial charge in [-0.05, 0) is 55.5 Å². The van der Waals surface area contributed by atoms with Gasteiger partial charge in [0.25, 0.3) is 5.91 Å². The van der Waals surface area contributed by atoms with Gasteiger partial charge in [-0.3, -0.25) is 9.89 Å². The molecule has 2 N–H and O–H groups in total. The Labute approximate surface area is 200 Å². The van der Waals surface area contributed by atoms with E-state index >= 15 is 0 Å². The first kappa shape index (κ1) is 23.8. The van der Waals surface area contributed by atoms with E-state index in [0.717, 1.165) is 29.7 Å². The van der Waals surface area contributed by atoms with Crippen LogP contribution in [0.1, 0.15) is 61.3 Å². The number of rotatable bonds is 11. The number of fused-ring (bicyclic) bond motifs is 1. The maximum atomic E-state index is 13.4. The third kappa shape index (κ3) is 4.94. The van der Waals surface area contributed by atoms with E-state index in [9.17, 15) is 9.90 Å². The number of carbonyl (C=O) groups excluding carboxylic acids is 1. The molecule has 1 unspecified atom stereocenters. The molecule has 180 valence electrons. The standard InChI is InChI=1S/C27H33N3O4/c1-4-33-15-8-14-30-26(19-9-7-10-20(17-19)34-16-13-18(2)3)23-24(28-29-25(23)27(30)32)21-11-5-6-12-22(21)31/h5-7,9-12,17-18,26,31H,4,8,13-16H2,1-3H3,(H,28,29). The van der Waals surface area contributed by atoms with Crippen LogP contribution in [0.2, 0.25) is 0 Å². The van der Waals surface area contributed by atoms with Crippen LogP contribution >= 0.6 is 0 Å². The second-order valence-corrected chi connectivity index (χ2v) is 8.93. The molecule has 1 aliphatic heterocycles. The van der Waals surface area contributed by atoms with Crippen molar-refractivity contribution in [3.63, 3.8) is 0 Å². The lowest BCUT2D eigenvalue weighted by Crippen LogP contribution is -2.31. The minimum atomic E-state index is -0.342. The number of nitrogens with one attached hydrogen (secondary N) is 1. The fourth-order valence-electron chi connectivity index (χ4n) is 4.32. The number of hydrogen-bond donors (Lipinski definition) is 2. The van der Waals surface area contributed by atoms with E-state index in [0.29, 0.717) is 49.2 Å². The van der Waals surface area contributed by atoms with Crippen LogP contribution in [0.3, 0.4) is 0 Å². The number of phenols is 1. The van der Waals surface area contributed by atoms with Crippen molar-refractivity contribution >= 4 is 5.91 Å². The van der Waals surface area contributed by atoms with Gasteiger partial charge in [0.05, 0.1) is 12.6 Å². The number of aromatic nitrogens is 2. The van der Waals surface area contributed by atoms with E-state index in [1.165, 1.54) is 0 Å². The fourth-order valence-corrected chi connectivity index (χ4v) is 4.32. The molecular formula is C27H33N3O4. The molecule has 0 saturated heterocycles. The van der Waals surface area contributed by atoms with Gasteiger partial charge in [0.1, 0.15) is 22.9 Å². The second-order valence-electron chi connectivity index (χ2n) is 8.93. The van der Waals surface area contributed by atoms with Crippen LogP contribution in [-0.4, -0.2) is 52.5 Å². The first-order valence-electron chi connectivity index (χ1n) is 12.0. The molecule has 1 atom stereocenters. The van der Waals surface area contributed by atoms with Crippen molar-refractivity contribution in [2.45, 2.75) is 39.7 Å². The Morgan fingerprint density at radius 2 is 1.97 bits per heavy atom. The van der Waals surface area contributed by atoms with Crippen molar-refractivity contribution < 1.29 is 19.4 Å². The number of hydrogen-bond acceptors (Lipinski definition) is 5. The molecule has 4 rings (SSSR count). The summed E-state index contributed by atoms with van der Waals surface area (Å²) in [6.07, 6.45) is 1.70. The summed E-state index contributed by atoms with van der Waals surface area (Å²) in [5, 5.41) is 17.9. The smallest absolute Gasteiger partial charge is 0.273 e. The van der Waals surface area contributed by atoms with Crippen molar-refractivity contribution in [1.82, 2.24) is 15.1 Å². The Morgan fingerprint density at radius 3 is 2.74 bits per heavy atom. The third-order valence-electron chi connectivity index (χ3n) is 6.05. The second kappa shape index (κ2) is 10.7. The highest BCUT2D eigenvalue weighted by molar-refractivity contribution is 6.00. The predicted octanol–water partition coefficient (Wildman–Crippen LogP) is 5.18. The molecule has 0 spiro atoms. The first-order chi connectivity index (χ1) is 16.5. The van der Waals surface area contributed by atoms with Gasteiger partial charge in [0, 0.05) is 30.9 Å². The molecule has 3 aromatic rings. The quantitative estimate of drug-likeness (QED) is 0.383. The highest BCUT2D eigenvalue weighted by atomic mass is 16.5. The van der Waals surface area contributed by atoms with Gasteiger partial charge in [-0.15, -0.1) is 0 Å². The minimum Gasteiger partial charge on any atom is -0.507 e. The van der Waals surface area contributed by atoms with Crippen LogP contribution in [0.5, 0.6) is 11.5 Å². The van der Waals surface area contributed by atoms with E-state index in [4.69, 9.17) is 9.47 Å². The van der Waals surface area contributed by atoms with Gasteiger partial charge >= 0.3 is 0 Å². The van der Waals surface area contributed by atoms with Crippen molar-refractivity contribution in [2.75, 3.05) is 26.4 Å². The number of aromatic hydroxyl groups is 1. The lowest BCUT2D eigenvalue weighted by Gasteiger charge is -2.27. The molecule has 2 heterocycles. The molecule has 0 bridgehead atoms. The SMILES string of the molecule is CCOCCCN1C(=O)c2[nH]nc(-c3ccccc3O)c2C1c1cccc(OCCC(C)C)c1. The van der Waals surface area contributed by atoms with E-state index in [2.05, 4.69) is 24.0 Å². The van der Waals surface area contributed by atoms with Gasteiger partial charge in [-0.25, -0.2) is 0 Å². The van der Waals surface area contributed by atoms with Gasteiger partial charge in [-0.1, -0.05) is 38.1 Å². The van der Waals surface area contributed by atoms with Gasteiger partial charge in [0.2, 0.25) is 0 Å². The van der Waals surface area contributed by atoms with Crippen molar-refractivity contribution in [2.24, 2.45) is 5.92 Å². The summed E-state index contributed by atoms with van der Waals surface area (Å²) in [7, 11) is 0. The van der Waals surface area contributed by atoms with Crippen molar-refractivity contribution in [3.05, 3.63) is 65.4 Å². The maximum Gasteiger partial charge on any atom is 0.273 e. The summed E-state index contributed by atoms with van der Waals surface area (Å²) in [6, 6.07) is 14.6. The number of nitrogens with zero attached hydrogens (tertiary/aromatic N) is 2. The zero-order valence-electron chi connectivity index (χ0n) is 20.1. The van der Waals surface area contributed by atoms with Crippen molar-refractivity contribution in [3.8, 4) is 22.8 Å². The monoisotopic (exact) mass is 463 g/mol. The Bertz CT molecular complexity index is 1120. The number of aromatic amines is 1. The van der Waals surface area contributed by atoms with Crippen molar-refractivity contribution in [1.29, 1.82) is 0 Å².